The van der Waals surface area contributed by atoms with E-state index in [2.05, 4.69) is 33.2 Å². The van der Waals surface area contributed by atoms with E-state index in [0.717, 1.165) is 44.6 Å². The molecule has 2 atom stereocenters. The van der Waals surface area contributed by atoms with E-state index >= 15 is 0 Å². The Hall–Kier alpha value is -1.62. The fraction of sp³-hybridized carbons (Fsp3) is 0.667. The van der Waals surface area contributed by atoms with Crippen LogP contribution >= 0.6 is 0 Å². The van der Waals surface area contributed by atoms with Crippen molar-refractivity contribution < 1.29 is 4.79 Å². The number of nitrogens with one attached hydrogen (secondary N) is 1. The summed E-state index contributed by atoms with van der Waals surface area (Å²) < 4.78 is 0. The predicted molar refractivity (Wildman–Crippen MR) is 91.4 cm³/mol. The number of hydrogen-bond acceptors (Lipinski definition) is 3. The van der Waals surface area contributed by atoms with Crippen molar-refractivity contribution in [2.75, 3.05) is 33.2 Å². The Balaban J connectivity index is 1.50. The van der Waals surface area contributed by atoms with E-state index in [0.29, 0.717) is 18.5 Å². The Morgan fingerprint density at radius 3 is 3.00 bits per heavy atom. The molecular weight excluding hydrogens is 288 g/mol. The Morgan fingerprint density at radius 2 is 2.22 bits per heavy atom. The second kappa shape index (κ2) is 7.30. The lowest BCUT2D eigenvalue weighted by atomic mass is 9.84. The van der Waals surface area contributed by atoms with Gasteiger partial charge in [0.2, 0.25) is 0 Å². The van der Waals surface area contributed by atoms with Crippen molar-refractivity contribution in [1.82, 2.24) is 20.1 Å². The van der Waals surface area contributed by atoms with Crippen LogP contribution in [-0.4, -0.2) is 60.1 Å². The summed E-state index contributed by atoms with van der Waals surface area (Å²) in [5.74, 6) is 0.648. The average Bonchev–Trinajstić information content (AvgIpc) is 2.55. The summed E-state index contributed by atoms with van der Waals surface area (Å²) in [5, 5.41) is 3.11. The van der Waals surface area contributed by atoms with Gasteiger partial charge in [0, 0.05) is 37.6 Å². The summed E-state index contributed by atoms with van der Waals surface area (Å²) in [4.78, 5) is 21.4. The molecule has 2 aliphatic rings. The smallest absolute Gasteiger partial charge is 0.317 e. The number of likely N-dealkylation sites (tertiary alicyclic amines) is 2. The molecule has 2 amide bonds. The number of carbonyl (C=O) groups is 1. The molecule has 0 radical (unpaired) electrons. The van der Waals surface area contributed by atoms with E-state index in [1.807, 2.05) is 19.2 Å². The van der Waals surface area contributed by atoms with Gasteiger partial charge in [-0.25, -0.2) is 4.79 Å². The van der Waals surface area contributed by atoms with Crippen LogP contribution in [0.1, 0.15) is 30.5 Å². The first kappa shape index (κ1) is 16.2. The van der Waals surface area contributed by atoms with Crippen LogP contribution in [0.2, 0.25) is 0 Å². The second-order valence-corrected chi connectivity index (χ2v) is 7.00. The van der Waals surface area contributed by atoms with Crippen molar-refractivity contribution >= 4 is 6.03 Å². The number of nitrogens with zero attached hydrogens (tertiary/aromatic N) is 3. The molecule has 2 aliphatic heterocycles. The molecule has 0 saturated carbocycles. The number of hydrogen-bond donors (Lipinski definition) is 1. The van der Waals surface area contributed by atoms with Gasteiger partial charge in [0.1, 0.15) is 0 Å². The van der Waals surface area contributed by atoms with Crippen LogP contribution in [0.5, 0.6) is 0 Å². The zero-order chi connectivity index (χ0) is 16.2. The molecule has 3 heterocycles. The summed E-state index contributed by atoms with van der Waals surface area (Å²) >= 11 is 0. The van der Waals surface area contributed by atoms with E-state index in [1.165, 1.54) is 12.0 Å². The Bertz CT molecular complexity index is 530. The van der Waals surface area contributed by atoms with Gasteiger partial charge >= 0.3 is 6.03 Å². The molecule has 3 rings (SSSR count). The minimum absolute atomic E-state index is 0.115. The number of amides is 2. The molecule has 126 valence electrons. The number of fused-ring (bicyclic) bond motifs is 1. The molecule has 2 unspecified atom stereocenters. The summed E-state index contributed by atoms with van der Waals surface area (Å²) in [7, 11) is 2.19. The molecule has 23 heavy (non-hydrogen) atoms. The third kappa shape index (κ3) is 4.02. The van der Waals surface area contributed by atoms with Crippen molar-refractivity contribution in [1.29, 1.82) is 0 Å². The molecule has 0 aromatic carbocycles. The van der Waals surface area contributed by atoms with Gasteiger partial charge in [-0.1, -0.05) is 6.07 Å². The third-order valence-corrected chi connectivity index (χ3v) is 5.19. The van der Waals surface area contributed by atoms with E-state index in [4.69, 9.17) is 0 Å². The second-order valence-electron chi connectivity index (χ2n) is 7.00. The fourth-order valence-corrected chi connectivity index (χ4v) is 3.90. The van der Waals surface area contributed by atoms with Gasteiger partial charge in [-0.05, 0) is 63.7 Å². The SMILES string of the molecule is Cc1ccc(CCNC(=O)N2CCCC3CN(C)CCC32)cn1. The molecule has 2 fully saturated rings. The van der Waals surface area contributed by atoms with E-state index < -0.39 is 0 Å². The van der Waals surface area contributed by atoms with Gasteiger partial charge in [-0.2, -0.15) is 0 Å². The molecule has 1 aromatic rings. The quantitative estimate of drug-likeness (QED) is 0.928. The molecule has 0 bridgehead atoms. The summed E-state index contributed by atoms with van der Waals surface area (Å²) in [6.45, 7) is 5.80. The van der Waals surface area contributed by atoms with Crippen LogP contribution in [-0.2, 0) is 6.42 Å². The van der Waals surface area contributed by atoms with Gasteiger partial charge in [0.05, 0.1) is 0 Å². The van der Waals surface area contributed by atoms with Crippen molar-refractivity contribution in [3.05, 3.63) is 29.6 Å². The number of carbonyl (C=O) groups excluding carboxylic acids is 1. The standard InChI is InChI=1S/C18H28N4O/c1-14-5-6-15(12-20-14)7-9-19-18(23)22-10-3-4-16-13-21(2)11-8-17(16)22/h5-6,12,16-17H,3-4,7-11,13H2,1-2H3,(H,19,23). The molecule has 0 aliphatic carbocycles. The normalized spacial score (nSPS) is 25.0. The molecule has 5 heteroatoms. The fourth-order valence-electron chi connectivity index (χ4n) is 3.90. The van der Waals surface area contributed by atoms with Crippen LogP contribution in [0.3, 0.4) is 0 Å². The van der Waals surface area contributed by atoms with Crippen molar-refractivity contribution in [2.45, 2.75) is 38.6 Å². The van der Waals surface area contributed by atoms with Gasteiger partial charge in [0.25, 0.3) is 0 Å². The zero-order valence-corrected chi connectivity index (χ0v) is 14.3. The predicted octanol–water partition coefficient (Wildman–Crippen LogP) is 2.06. The maximum Gasteiger partial charge on any atom is 0.317 e. The summed E-state index contributed by atoms with van der Waals surface area (Å²) in [6.07, 6.45) is 6.23. The maximum absolute atomic E-state index is 12.6. The summed E-state index contributed by atoms with van der Waals surface area (Å²) in [6, 6.07) is 4.65. The maximum atomic E-state index is 12.6. The molecule has 2 saturated heterocycles. The number of urea groups is 1. The first-order chi connectivity index (χ1) is 11.1. The lowest BCUT2D eigenvalue weighted by Crippen LogP contribution is -2.57. The zero-order valence-electron chi connectivity index (χ0n) is 14.3. The molecule has 1 N–H and O–H groups in total. The van der Waals surface area contributed by atoms with Gasteiger partial charge in [-0.3, -0.25) is 4.98 Å². The molecule has 5 nitrogen and oxygen atoms in total. The van der Waals surface area contributed by atoms with Crippen LogP contribution in [0.25, 0.3) is 0 Å². The first-order valence-electron chi connectivity index (χ1n) is 8.78. The molecular formula is C18H28N4O. The average molecular weight is 316 g/mol. The first-order valence-corrected chi connectivity index (χ1v) is 8.78. The van der Waals surface area contributed by atoms with Gasteiger partial charge < -0.3 is 15.1 Å². The number of rotatable bonds is 3. The lowest BCUT2D eigenvalue weighted by Gasteiger charge is -2.46. The highest BCUT2D eigenvalue weighted by Crippen LogP contribution is 2.29. The van der Waals surface area contributed by atoms with E-state index in [9.17, 15) is 4.79 Å². The van der Waals surface area contributed by atoms with Crippen molar-refractivity contribution in [3.63, 3.8) is 0 Å². The van der Waals surface area contributed by atoms with Crippen LogP contribution in [0, 0.1) is 12.8 Å². The largest absolute Gasteiger partial charge is 0.338 e. The minimum atomic E-state index is 0.115. The third-order valence-electron chi connectivity index (χ3n) is 5.19. The lowest BCUT2D eigenvalue weighted by molar-refractivity contribution is 0.0534. The van der Waals surface area contributed by atoms with Crippen LogP contribution in [0.4, 0.5) is 4.79 Å². The molecule has 1 aromatic heterocycles. The molecule has 0 spiro atoms. The Morgan fingerprint density at radius 1 is 1.35 bits per heavy atom. The highest BCUT2D eigenvalue weighted by atomic mass is 16.2. The monoisotopic (exact) mass is 316 g/mol. The van der Waals surface area contributed by atoms with E-state index in [1.54, 1.807) is 0 Å². The number of aromatic nitrogens is 1. The number of piperidine rings is 2. The van der Waals surface area contributed by atoms with Crippen LogP contribution in [0.15, 0.2) is 18.3 Å². The Kier molecular flexibility index (Phi) is 5.16. The Labute approximate surface area is 139 Å². The number of aryl methyl sites for hydroxylation is 1. The van der Waals surface area contributed by atoms with Crippen LogP contribution < -0.4 is 5.32 Å². The number of pyridine rings is 1. The van der Waals surface area contributed by atoms with Crippen molar-refractivity contribution in [2.24, 2.45) is 5.92 Å². The highest BCUT2D eigenvalue weighted by Gasteiger charge is 2.37. The minimum Gasteiger partial charge on any atom is -0.338 e. The highest BCUT2D eigenvalue weighted by molar-refractivity contribution is 5.74. The summed E-state index contributed by atoms with van der Waals surface area (Å²) in [5.41, 5.74) is 2.20. The topological polar surface area (TPSA) is 48.5 Å². The van der Waals surface area contributed by atoms with Gasteiger partial charge in [0.15, 0.2) is 0 Å². The van der Waals surface area contributed by atoms with Gasteiger partial charge in [-0.15, -0.1) is 0 Å². The van der Waals surface area contributed by atoms with E-state index in [-0.39, 0.29) is 6.03 Å². The van der Waals surface area contributed by atoms with Crippen molar-refractivity contribution in [3.8, 4) is 0 Å².